The molecule has 0 aliphatic carbocycles. The van der Waals surface area contributed by atoms with Crippen molar-refractivity contribution in [1.29, 1.82) is 0 Å². The third-order valence-electron chi connectivity index (χ3n) is 3.39. The van der Waals surface area contributed by atoms with E-state index in [9.17, 15) is 5.11 Å². The highest BCUT2D eigenvalue weighted by atomic mass is 79.9. The zero-order valence-electron chi connectivity index (χ0n) is 10.9. The number of halogens is 1. The van der Waals surface area contributed by atoms with Crippen LogP contribution in [0.3, 0.4) is 0 Å². The third kappa shape index (κ3) is 3.22. The molecule has 18 heavy (non-hydrogen) atoms. The Labute approximate surface area is 122 Å². The minimum absolute atomic E-state index is 0.422. The number of benzene rings is 1. The fourth-order valence-corrected chi connectivity index (χ4v) is 4.13. The summed E-state index contributed by atoms with van der Waals surface area (Å²) in [6, 6.07) is 6.27. The fraction of sp³-hybridized carbons (Fsp3) is 0.571. The monoisotopic (exact) mass is 329 g/mol. The highest BCUT2D eigenvalue weighted by Gasteiger charge is 2.19. The summed E-state index contributed by atoms with van der Waals surface area (Å²) in [5, 5.41) is 10.4. The maximum atomic E-state index is 9.64. The molecule has 1 fully saturated rings. The van der Waals surface area contributed by atoms with Gasteiger partial charge in [-0.1, -0.05) is 28.9 Å². The molecule has 0 saturated carbocycles. The highest BCUT2D eigenvalue weighted by Crippen LogP contribution is 2.31. The fourth-order valence-electron chi connectivity index (χ4n) is 2.25. The van der Waals surface area contributed by atoms with Crippen LogP contribution in [-0.2, 0) is 0 Å². The minimum Gasteiger partial charge on any atom is -0.389 e. The van der Waals surface area contributed by atoms with E-state index >= 15 is 0 Å². The summed E-state index contributed by atoms with van der Waals surface area (Å²) in [5.41, 5.74) is 2.21. The smallest absolute Gasteiger partial charge is 0.0772 e. The molecule has 0 bridgehead atoms. The average Bonchev–Trinajstić information content (AvgIpc) is 2.38. The lowest BCUT2D eigenvalue weighted by Crippen LogP contribution is -2.37. The Kier molecular flexibility index (Phi) is 4.98. The van der Waals surface area contributed by atoms with Crippen molar-refractivity contribution in [3.8, 4) is 0 Å². The van der Waals surface area contributed by atoms with E-state index in [2.05, 4.69) is 51.6 Å². The van der Waals surface area contributed by atoms with E-state index in [0.717, 1.165) is 28.4 Å². The van der Waals surface area contributed by atoms with Gasteiger partial charge in [-0.15, -0.1) is 0 Å². The molecule has 1 N–H and O–H groups in total. The first kappa shape index (κ1) is 14.2. The number of hydrogen-bond donors (Lipinski definition) is 1. The van der Waals surface area contributed by atoms with E-state index in [4.69, 9.17) is 0 Å². The van der Waals surface area contributed by atoms with Gasteiger partial charge in [-0.3, -0.25) is 0 Å². The second-order valence-electron chi connectivity index (χ2n) is 4.73. The average molecular weight is 330 g/mol. The number of thioether (sulfide) groups is 1. The Bertz CT molecular complexity index is 411. The second kappa shape index (κ2) is 6.31. The summed E-state index contributed by atoms with van der Waals surface area (Å²) in [6.07, 6.45) is 0.808. The van der Waals surface area contributed by atoms with Crippen LogP contribution in [0.25, 0.3) is 0 Å². The zero-order chi connectivity index (χ0) is 13.1. The molecule has 1 unspecified atom stereocenters. The molecule has 0 aromatic heterocycles. The van der Waals surface area contributed by atoms with E-state index in [-0.39, 0.29) is 0 Å². The van der Waals surface area contributed by atoms with Gasteiger partial charge in [0.1, 0.15) is 0 Å². The number of aliphatic hydroxyl groups excluding tert-OH is 1. The lowest BCUT2D eigenvalue weighted by Gasteiger charge is -2.34. The van der Waals surface area contributed by atoms with Gasteiger partial charge in [0, 0.05) is 34.3 Å². The van der Waals surface area contributed by atoms with Gasteiger partial charge in [0.05, 0.1) is 6.10 Å². The SMILES string of the molecule is CCC1CN(c2ccc([C@H](C)O)c(Br)c2)CCS1. The predicted octanol–water partition coefficient (Wildman–Crippen LogP) is 3.83. The van der Waals surface area contributed by atoms with Gasteiger partial charge < -0.3 is 10.0 Å². The van der Waals surface area contributed by atoms with E-state index in [1.807, 2.05) is 6.07 Å². The molecular weight excluding hydrogens is 310 g/mol. The van der Waals surface area contributed by atoms with Crippen LogP contribution in [0.1, 0.15) is 31.9 Å². The quantitative estimate of drug-likeness (QED) is 0.911. The topological polar surface area (TPSA) is 23.5 Å². The van der Waals surface area contributed by atoms with E-state index in [1.54, 1.807) is 6.92 Å². The maximum Gasteiger partial charge on any atom is 0.0772 e. The molecule has 1 aromatic rings. The number of nitrogens with zero attached hydrogens (tertiary/aromatic N) is 1. The van der Waals surface area contributed by atoms with E-state index < -0.39 is 6.10 Å². The molecule has 2 atom stereocenters. The van der Waals surface area contributed by atoms with Crippen LogP contribution in [-0.4, -0.2) is 29.2 Å². The summed E-state index contributed by atoms with van der Waals surface area (Å²) in [7, 11) is 0. The molecule has 0 radical (unpaired) electrons. The van der Waals surface area contributed by atoms with Crippen molar-refractivity contribution in [3.63, 3.8) is 0 Å². The molecular formula is C14H20BrNOS. The van der Waals surface area contributed by atoms with Crippen LogP contribution < -0.4 is 4.90 Å². The molecule has 1 aliphatic rings. The molecule has 4 heteroatoms. The van der Waals surface area contributed by atoms with Crippen LogP contribution in [0.15, 0.2) is 22.7 Å². The van der Waals surface area contributed by atoms with Crippen molar-refractivity contribution in [2.24, 2.45) is 0 Å². The first-order valence-electron chi connectivity index (χ1n) is 6.46. The van der Waals surface area contributed by atoms with E-state index in [0.29, 0.717) is 0 Å². The molecule has 1 heterocycles. The Morgan fingerprint density at radius 3 is 2.94 bits per heavy atom. The Morgan fingerprint density at radius 1 is 1.56 bits per heavy atom. The number of hydrogen-bond acceptors (Lipinski definition) is 3. The Hall–Kier alpha value is -0.190. The van der Waals surface area contributed by atoms with Crippen molar-refractivity contribution >= 4 is 33.4 Å². The molecule has 2 nitrogen and oxygen atoms in total. The van der Waals surface area contributed by atoms with Crippen molar-refractivity contribution in [2.75, 3.05) is 23.7 Å². The van der Waals surface area contributed by atoms with Gasteiger partial charge in [-0.05, 0) is 31.0 Å². The molecule has 100 valence electrons. The third-order valence-corrected chi connectivity index (χ3v) is 5.45. The van der Waals surface area contributed by atoms with E-state index in [1.165, 1.54) is 17.9 Å². The van der Waals surface area contributed by atoms with Crippen molar-refractivity contribution in [3.05, 3.63) is 28.2 Å². The number of anilines is 1. The van der Waals surface area contributed by atoms with Crippen LogP contribution in [0.5, 0.6) is 0 Å². The highest BCUT2D eigenvalue weighted by molar-refractivity contribution is 9.10. The van der Waals surface area contributed by atoms with Crippen LogP contribution in [0.2, 0.25) is 0 Å². The largest absolute Gasteiger partial charge is 0.389 e. The van der Waals surface area contributed by atoms with Gasteiger partial charge >= 0.3 is 0 Å². The molecule has 0 amide bonds. The summed E-state index contributed by atoms with van der Waals surface area (Å²) >= 11 is 5.64. The van der Waals surface area contributed by atoms with Gasteiger partial charge in [-0.2, -0.15) is 11.8 Å². The van der Waals surface area contributed by atoms with Gasteiger partial charge in [-0.25, -0.2) is 0 Å². The lowest BCUT2D eigenvalue weighted by atomic mass is 10.1. The van der Waals surface area contributed by atoms with Crippen molar-refractivity contribution in [2.45, 2.75) is 31.6 Å². The summed E-state index contributed by atoms with van der Waals surface area (Å²) in [4.78, 5) is 2.45. The maximum absolute atomic E-state index is 9.64. The summed E-state index contributed by atoms with van der Waals surface area (Å²) in [6.45, 7) is 6.29. The molecule has 2 rings (SSSR count). The normalized spacial score (nSPS) is 22.0. The van der Waals surface area contributed by atoms with Crippen LogP contribution in [0.4, 0.5) is 5.69 Å². The second-order valence-corrected chi connectivity index (χ2v) is 6.99. The minimum atomic E-state index is -0.422. The number of aliphatic hydroxyl groups is 1. The van der Waals surface area contributed by atoms with Gasteiger partial charge in [0.25, 0.3) is 0 Å². The first-order valence-corrected chi connectivity index (χ1v) is 8.30. The molecule has 1 saturated heterocycles. The molecule has 1 aliphatic heterocycles. The number of rotatable bonds is 3. The lowest BCUT2D eigenvalue weighted by molar-refractivity contribution is 0.198. The standard InChI is InChI=1S/C14H20BrNOS/c1-3-12-9-16(6-7-18-12)11-4-5-13(10(2)17)14(15)8-11/h4-5,8,10,12,17H,3,6-7,9H2,1-2H3/t10-,12?/m0/s1. The van der Waals surface area contributed by atoms with Crippen molar-refractivity contribution in [1.82, 2.24) is 0 Å². The summed E-state index contributed by atoms with van der Waals surface area (Å²) in [5.74, 6) is 1.20. The molecule has 1 aromatic carbocycles. The summed E-state index contributed by atoms with van der Waals surface area (Å²) < 4.78 is 1.00. The Morgan fingerprint density at radius 2 is 2.33 bits per heavy atom. The first-order chi connectivity index (χ1) is 8.61. The Balaban J connectivity index is 2.16. The molecule has 0 spiro atoms. The van der Waals surface area contributed by atoms with Gasteiger partial charge in [0.15, 0.2) is 0 Å². The van der Waals surface area contributed by atoms with Crippen LogP contribution >= 0.6 is 27.7 Å². The van der Waals surface area contributed by atoms with Gasteiger partial charge in [0.2, 0.25) is 0 Å². The van der Waals surface area contributed by atoms with Crippen molar-refractivity contribution < 1.29 is 5.11 Å². The van der Waals surface area contributed by atoms with Crippen LogP contribution in [0, 0.1) is 0 Å². The zero-order valence-corrected chi connectivity index (χ0v) is 13.3. The predicted molar refractivity (Wildman–Crippen MR) is 83.5 cm³/mol.